The van der Waals surface area contributed by atoms with Gasteiger partial charge in [0.05, 0.1) is 25.7 Å². The van der Waals surface area contributed by atoms with Crippen molar-refractivity contribution < 1.29 is 19.2 Å². The highest BCUT2D eigenvalue weighted by atomic mass is 35.5. The molecule has 2 amide bonds. The molecule has 32 heavy (non-hydrogen) atoms. The predicted molar refractivity (Wildman–Crippen MR) is 123 cm³/mol. The van der Waals surface area contributed by atoms with Gasteiger partial charge in [-0.1, -0.05) is 40.9 Å². The Kier molecular flexibility index (Phi) is 7.53. The number of non-ortho nitro benzene ring substituents is 1. The largest absolute Gasteiger partial charge is 0.484 e. The zero-order valence-electron chi connectivity index (χ0n) is 16.1. The molecule has 0 aliphatic heterocycles. The van der Waals surface area contributed by atoms with Crippen LogP contribution in [0.5, 0.6) is 5.75 Å². The Balaban J connectivity index is 1.55. The van der Waals surface area contributed by atoms with Crippen LogP contribution in [0.15, 0.2) is 60.7 Å². The molecule has 2 N–H and O–H groups in total. The number of halogens is 3. The summed E-state index contributed by atoms with van der Waals surface area (Å²) in [5, 5.41) is 16.8. The fourth-order valence-corrected chi connectivity index (χ4v) is 3.15. The Morgan fingerprint density at radius 1 is 0.906 bits per heavy atom. The molecule has 0 fully saturated rings. The van der Waals surface area contributed by atoms with Crippen molar-refractivity contribution in [1.29, 1.82) is 0 Å². The third-order valence-electron chi connectivity index (χ3n) is 4.09. The minimum atomic E-state index is -0.575. The van der Waals surface area contributed by atoms with Gasteiger partial charge in [-0.15, -0.1) is 0 Å². The summed E-state index contributed by atoms with van der Waals surface area (Å²) in [5.74, 6) is -0.581. The Bertz CT molecular complexity index is 1190. The molecule has 0 aliphatic carbocycles. The van der Waals surface area contributed by atoms with E-state index < -0.39 is 16.7 Å². The summed E-state index contributed by atoms with van der Waals surface area (Å²) < 4.78 is 5.42. The number of carbonyl (C=O) groups is 2. The number of rotatable bonds is 7. The highest BCUT2D eigenvalue weighted by Crippen LogP contribution is 2.32. The second-order valence-corrected chi connectivity index (χ2v) is 7.59. The second-order valence-electron chi connectivity index (χ2n) is 6.37. The molecule has 0 unspecified atom stereocenters. The number of anilines is 2. The maximum absolute atomic E-state index is 12.3. The van der Waals surface area contributed by atoms with Crippen molar-refractivity contribution in [2.45, 2.75) is 0 Å². The van der Waals surface area contributed by atoms with Gasteiger partial charge < -0.3 is 15.4 Å². The maximum atomic E-state index is 12.3. The van der Waals surface area contributed by atoms with Gasteiger partial charge in [-0.05, 0) is 42.5 Å². The smallest absolute Gasteiger partial charge is 0.270 e. The van der Waals surface area contributed by atoms with Gasteiger partial charge in [-0.3, -0.25) is 19.7 Å². The van der Waals surface area contributed by atoms with Crippen LogP contribution in [-0.4, -0.2) is 23.3 Å². The third-order valence-corrected chi connectivity index (χ3v) is 5.12. The molecular formula is C21H14Cl3N3O5. The first-order chi connectivity index (χ1) is 15.2. The van der Waals surface area contributed by atoms with E-state index in [1.54, 1.807) is 24.3 Å². The lowest BCUT2D eigenvalue weighted by Gasteiger charge is -2.10. The van der Waals surface area contributed by atoms with Crippen LogP contribution in [0.2, 0.25) is 15.1 Å². The Morgan fingerprint density at radius 3 is 2.28 bits per heavy atom. The fourth-order valence-electron chi connectivity index (χ4n) is 2.55. The van der Waals surface area contributed by atoms with Crippen LogP contribution in [-0.2, 0) is 4.79 Å². The molecule has 0 aromatic heterocycles. The Hall–Kier alpha value is -3.33. The number of hydrogen-bond donors (Lipinski definition) is 2. The summed E-state index contributed by atoms with van der Waals surface area (Å²) in [6.45, 7) is -0.296. The van der Waals surface area contributed by atoms with Crippen molar-refractivity contribution in [1.82, 2.24) is 0 Å². The van der Waals surface area contributed by atoms with Crippen LogP contribution >= 0.6 is 34.8 Å². The summed E-state index contributed by atoms with van der Waals surface area (Å²) in [6, 6.07) is 14.5. The normalized spacial score (nSPS) is 10.3. The molecule has 0 heterocycles. The van der Waals surface area contributed by atoms with Gasteiger partial charge >= 0.3 is 0 Å². The number of nitrogens with zero attached hydrogens (tertiary/aromatic N) is 1. The first-order valence-corrected chi connectivity index (χ1v) is 10.1. The van der Waals surface area contributed by atoms with Gasteiger partial charge in [0.15, 0.2) is 6.61 Å². The quantitative estimate of drug-likeness (QED) is 0.244. The number of nitrogens with one attached hydrogen (secondary N) is 2. The molecule has 0 atom stereocenters. The van der Waals surface area contributed by atoms with E-state index in [4.69, 9.17) is 39.5 Å². The van der Waals surface area contributed by atoms with Gasteiger partial charge in [0.2, 0.25) is 0 Å². The molecule has 3 aromatic carbocycles. The van der Waals surface area contributed by atoms with E-state index in [0.717, 1.165) is 0 Å². The van der Waals surface area contributed by atoms with Gasteiger partial charge in [0, 0.05) is 23.4 Å². The Labute approximate surface area is 197 Å². The average Bonchev–Trinajstić information content (AvgIpc) is 2.77. The topological polar surface area (TPSA) is 111 Å². The van der Waals surface area contributed by atoms with E-state index in [0.29, 0.717) is 17.1 Å². The third kappa shape index (κ3) is 6.10. The molecule has 11 heteroatoms. The minimum Gasteiger partial charge on any atom is -0.484 e. The molecule has 0 radical (unpaired) electrons. The number of benzene rings is 3. The van der Waals surface area contributed by atoms with Crippen LogP contribution in [0.3, 0.4) is 0 Å². The van der Waals surface area contributed by atoms with Crippen molar-refractivity contribution in [3.8, 4) is 5.75 Å². The number of nitro groups is 1. The van der Waals surface area contributed by atoms with Crippen molar-refractivity contribution in [2.24, 2.45) is 0 Å². The summed E-state index contributed by atoms with van der Waals surface area (Å²) in [7, 11) is 0. The minimum absolute atomic E-state index is 0.150. The van der Waals surface area contributed by atoms with Crippen LogP contribution in [0.25, 0.3) is 0 Å². The number of carbonyl (C=O) groups excluding carboxylic acids is 2. The van der Waals surface area contributed by atoms with Gasteiger partial charge in [0.25, 0.3) is 17.5 Å². The van der Waals surface area contributed by atoms with Gasteiger partial charge in [-0.2, -0.15) is 0 Å². The van der Waals surface area contributed by atoms with E-state index in [1.807, 2.05) is 0 Å². The predicted octanol–water partition coefficient (Wildman–Crippen LogP) is 5.82. The second kappa shape index (κ2) is 10.3. The number of hydrogen-bond acceptors (Lipinski definition) is 5. The highest BCUT2D eigenvalue weighted by molar-refractivity contribution is 6.44. The van der Waals surface area contributed by atoms with Gasteiger partial charge in [0.1, 0.15) is 5.75 Å². The lowest BCUT2D eigenvalue weighted by molar-refractivity contribution is -0.384. The van der Waals surface area contributed by atoms with E-state index in [-0.39, 0.29) is 32.9 Å². The maximum Gasteiger partial charge on any atom is 0.270 e. The zero-order valence-corrected chi connectivity index (χ0v) is 18.4. The van der Waals surface area contributed by atoms with E-state index in [9.17, 15) is 19.7 Å². The molecule has 164 valence electrons. The first-order valence-electron chi connectivity index (χ1n) is 8.96. The molecule has 0 aliphatic rings. The van der Waals surface area contributed by atoms with Crippen molar-refractivity contribution in [3.05, 3.63) is 91.4 Å². The van der Waals surface area contributed by atoms with E-state index >= 15 is 0 Å². The average molecular weight is 495 g/mol. The van der Waals surface area contributed by atoms with E-state index in [1.165, 1.54) is 36.4 Å². The summed E-state index contributed by atoms with van der Waals surface area (Å²) in [5.41, 5.74) is 0.716. The lowest BCUT2D eigenvalue weighted by Crippen LogP contribution is -2.20. The molecule has 3 aromatic rings. The van der Waals surface area contributed by atoms with Crippen molar-refractivity contribution >= 4 is 63.7 Å². The van der Waals surface area contributed by atoms with Crippen LogP contribution in [0, 0.1) is 10.1 Å². The summed E-state index contributed by atoms with van der Waals surface area (Å²) in [6.07, 6.45) is 0. The van der Waals surface area contributed by atoms with Gasteiger partial charge in [-0.25, -0.2) is 0 Å². The number of ether oxygens (including phenoxy) is 1. The molecule has 8 nitrogen and oxygen atoms in total. The monoisotopic (exact) mass is 493 g/mol. The standard InChI is InChI=1S/C21H14Cl3N3O5/c22-16-9-18(24)19(10-17(16)23)26-20(28)11-32-15-6-4-13(5-7-15)25-21(29)12-2-1-3-14(8-12)27(30)31/h1-10H,11H2,(H,25,29)(H,26,28). The SMILES string of the molecule is O=C(COc1ccc(NC(=O)c2cccc([N+](=O)[O-])c2)cc1)Nc1cc(Cl)c(Cl)cc1Cl. The zero-order chi connectivity index (χ0) is 23.3. The Morgan fingerprint density at radius 2 is 1.59 bits per heavy atom. The number of amides is 2. The molecule has 3 rings (SSSR count). The number of nitro benzene ring substituents is 1. The molecule has 0 bridgehead atoms. The molecule has 0 spiro atoms. The summed E-state index contributed by atoms with van der Waals surface area (Å²) >= 11 is 17.8. The van der Waals surface area contributed by atoms with Crippen molar-refractivity contribution in [2.75, 3.05) is 17.2 Å². The lowest BCUT2D eigenvalue weighted by atomic mass is 10.2. The van der Waals surface area contributed by atoms with Crippen molar-refractivity contribution in [3.63, 3.8) is 0 Å². The highest BCUT2D eigenvalue weighted by Gasteiger charge is 2.13. The van der Waals surface area contributed by atoms with Crippen LogP contribution in [0.1, 0.15) is 10.4 Å². The van der Waals surface area contributed by atoms with E-state index in [2.05, 4.69) is 10.6 Å². The molecule has 0 saturated heterocycles. The fraction of sp³-hybridized carbons (Fsp3) is 0.0476. The van der Waals surface area contributed by atoms with Crippen LogP contribution in [0.4, 0.5) is 17.1 Å². The van der Waals surface area contributed by atoms with Crippen LogP contribution < -0.4 is 15.4 Å². The molecular weight excluding hydrogens is 481 g/mol. The summed E-state index contributed by atoms with van der Waals surface area (Å²) in [4.78, 5) is 34.7. The first kappa shape index (κ1) is 23.3. The molecule has 0 saturated carbocycles.